The zero-order valence-electron chi connectivity index (χ0n) is 10.8. The second kappa shape index (κ2) is 7.30. The van der Waals surface area contributed by atoms with Crippen molar-refractivity contribution in [2.45, 2.75) is 32.4 Å². The van der Waals surface area contributed by atoms with Crippen LogP contribution < -0.4 is 5.32 Å². The van der Waals surface area contributed by atoms with E-state index in [1.165, 1.54) is 4.88 Å². The molecule has 1 atom stereocenters. The molecule has 0 saturated heterocycles. The topological polar surface area (TPSA) is 12.0 Å². The Labute approximate surface area is 128 Å². The minimum absolute atomic E-state index is 0.389. The molecule has 1 aromatic heterocycles. The maximum absolute atomic E-state index is 6.19. The molecule has 0 aliphatic carbocycles. The molecule has 0 saturated carbocycles. The second-order valence-corrected chi connectivity index (χ2v) is 6.30. The highest BCUT2D eigenvalue weighted by molar-refractivity contribution is 7.10. The van der Waals surface area contributed by atoms with Gasteiger partial charge in [0, 0.05) is 27.5 Å². The molecular formula is C15H17Cl2NS. The Morgan fingerprint density at radius 3 is 2.79 bits per heavy atom. The van der Waals surface area contributed by atoms with Crippen molar-refractivity contribution < 1.29 is 0 Å². The minimum atomic E-state index is 0.389. The van der Waals surface area contributed by atoms with Gasteiger partial charge in [0.05, 0.1) is 0 Å². The van der Waals surface area contributed by atoms with Crippen molar-refractivity contribution in [3.8, 4) is 0 Å². The highest BCUT2D eigenvalue weighted by atomic mass is 35.5. The highest BCUT2D eigenvalue weighted by Gasteiger charge is 2.11. The molecule has 1 N–H and O–H groups in total. The number of hydrogen-bond donors (Lipinski definition) is 1. The minimum Gasteiger partial charge on any atom is -0.305 e. The van der Waals surface area contributed by atoms with Gasteiger partial charge in [-0.25, -0.2) is 0 Å². The molecule has 0 fully saturated rings. The van der Waals surface area contributed by atoms with Gasteiger partial charge in [0.1, 0.15) is 0 Å². The Morgan fingerprint density at radius 1 is 1.26 bits per heavy atom. The maximum Gasteiger partial charge on any atom is 0.0451 e. The molecule has 0 aliphatic heterocycles. The van der Waals surface area contributed by atoms with Crippen LogP contribution in [0.25, 0.3) is 0 Å². The average Bonchev–Trinajstić information content (AvgIpc) is 2.92. The van der Waals surface area contributed by atoms with Crippen LogP contribution in [-0.2, 0) is 6.54 Å². The third kappa shape index (κ3) is 4.22. The van der Waals surface area contributed by atoms with Crippen LogP contribution >= 0.6 is 34.5 Å². The third-order valence-electron chi connectivity index (χ3n) is 3.01. The van der Waals surface area contributed by atoms with Gasteiger partial charge in [-0.2, -0.15) is 0 Å². The number of halogens is 2. The van der Waals surface area contributed by atoms with Crippen LogP contribution in [0.15, 0.2) is 35.7 Å². The zero-order valence-corrected chi connectivity index (χ0v) is 13.2. The Kier molecular flexibility index (Phi) is 5.71. The lowest BCUT2D eigenvalue weighted by Crippen LogP contribution is -2.20. The van der Waals surface area contributed by atoms with E-state index in [9.17, 15) is 0 Å². The van der Waals surface area contributed by atoms with Gasteiger partial charge < -0.3 is 5.32 Å². The van der Waals surface area contributed by atoms with Crippen LogP contribution in [0, 0.1) is 0 Å². The molecule has 1 nitrogen and oxygen atoms in total. The summed E-state index contributed by atoms with van der Waals surface area (Å²) in [4.78, 5) is 1.38. The first-order valence-corrected chi connectivity index (χ1v) is 8.05. The van der Waals surface area contributed by atoms with Crippen LogP contribution in [0.4, 0.5) is 0 Å². The Balaban J connectivity index is 2.04. The summed E-state index contributed by atoms with van der Waals surface area (Å²) in [5, 5.41) is 7.18. The van der Waals surface area contributed by atoms with Crippen molar-refractivity contribution in [3.63, 3.8) is 0 Å². The molecule has 19 heavy (non-hydrogen) atoms. The molecule has 4 heteroatoms. The maximum atomic E-state index is 6.19. The Hall–Kier alpha value is -0.540. The van der Waals surface area contributed by atoms with E-state index in [-0.39, 0.29) is 0 Å². The van der Waals surface area contributed by atoms with E-state index in [0.717, 1.165) is 35.0 Å². The van der Waals surface area contributed by atoms with E-state index in [4.69, 9.17) is 23.2 Å². The number of benzene rings is 1. The molecule has 0 aliphatic rings. The summed E-state index contributed by atoms with van der Waals surface area (Å²) < 4.78 is 0. The molecule has 1 heterocycles. The molecule has 0 amide bonds. The van der Waals surface area contributed by atoms with Gasteiger partial charge >= 0.3 is 0 Å². The molecule has 0 radical (unpaired) electrons. The van der Waals surface area contributed by atoms with Crippen LogP contribution in [0.1, 0.15) is 36.2 Å². The number of nitrogens with one attached hydrogen (secondary N) is 1. The number of rotatable bonds is 6. The summed E-state index contributed by atoms with van der Waals surface area (Å²) in [5.74, 6) is 0. The van der Waals surface area contributed by atoms with E-state index >= 15 is 0 Å². The normalized spacial score (nSPS) is 12.6. The van der Waals surface area contributed by atoms with E-state index in [2.05, 4.69) is 29.8 Å². The highest BCUT2D eigenvalue weighted by Crippen LogP contribution is 2.25. The first-order valence-electron chi connectivity index (χ1n) is 6.41. The third-order valence-corrected chi connectivity index (χ3v) is 4.60. The van der Waals surface area contributed by atoms with Gasteiger partial charge in [0.15, 0.2) is 0 Å². The molecule has 0 bridgehead atoms. The van der Waals surface area contributed by atoms with Crippen molar-refractivity contribution in [3.05, 3.63) is 56.2 Å². The lowest BCUT2D eigenvalue weighted by molar-refractivity contribution is 0.500. The van der Waals surface area contributed by atoms with Gasteiger partial charge in [0.2, 0.25) is 0 Å². The standard InChI is InChI=1S/C15H17Cl2NS/c1-2-4-14(15-5-3-8-19-15)18-10-11-9-12(16)6-7-13(11)17/h3,5-9,14,18H,2,4,10H2,1H3. The smallest absolute Gasteiger partial charge is 0.0451 e. The molecule has 102 valence electrons. The van der Waals surface area contributed by atoms with Gasteiger partial charge in [-0.3, -0.25) is 0 Å². The predicted octanol–water partition coefficient (Wildman–Crippen LogP) is 5.69. The van der Waals surface area contributed by atoms with Crippen molar-refractivity contribution >= 4 is 34.5 Å². The van der Waals surface area contributed by atoms with Crippen LogP contribution in [0.5, 0.6) is 0 Å². The second-order valence-electron chi connectivity index (χ2n) is 4.47. The lowest BCUT2D eigenvalue weighted by atomic mass is 10.1. The van der Waals surface area contributed by atoms with Gasteiger partial charge in [-0.05, 0) is 41.6 Å². The molecule has 1 unspecified atom stereocenters. The van der Waals surface area contributed by atoms with E-state index in [0.29, 0.717) is 6.04 Å². The fourth-order valence-electron chi connectivity index (χ4n) is 2.04. The zero-order chi connectivity index (χ0) is 13.7. The van der Waals surface area contributed by atoms with Crippen molar-refractivity contribution in [2.24, 2.45) is 0 Å². The van der Waals surface area contributed by atoms with Gasteiger partial charge in [-0.15, -0.1) is 11.3 Å². The predicted molar refractivity (Wildman–Crippen MR) is 85.3 cm³/mol. The number of hydrogen-bond acceptors (Lipinski definition) is 2. The van der Waals surface area contributed by atoms with E-state index in [1.54, 1.807) is 11.3 Å². The molecule has 0 spiro atoms. The molecule has 2 rings (SSSR count). The molecule has 1 aromatic carbocycles. The summed E-state index contributed by atoms with van der Waals surface area (Å²) in [6, 6.07) is 10.2. The van der Waals surface area contributed by atoms with E-state index in [1.807, 2.05) is 18.2 Å². The van der Waals surface area contributed by atoms with Crippen LogP contribution in [0.2, 0.25) is 10.0 Å². The SMILES string of the molecule is CCCC(NCc1cc(Cl)ccc1Cl)c1cccs1. The fourth-order valence-corrected chi connectivity index (χ4v) is 3.25. The summed E-state index contributed by atoms with van der Waals surface area (Å²) in [5.41, 5.74) is 1.05. The summed E-state index contributed by atoms with van der Waals surface area (Å²) in [6.07, 6.45) is 2.28. The summed E-state index contributed by atoms with van der Waals surface area (Å²) in [7, 11) is 0. The average molecular weight is 314 g/mol. The van der Waals surface area contributed by atoms with Crippen molar-refractivity contribution in [1.29, 1.82) is 0 Å². The fraction of sp³-hybridized carbons (Fsp3) is 0.333. The Bertz CT molecular complexity index is 511. The van der Waals surface area contributed by atoms with E-state index < -0.39 is 0 Å². The first kappa shape index (κ1) is 14.9. The van der Waals surface area contributed by atoms with Crippen molar-refractivity contribution in [2.75, 3.05) is 0 Å². The summed E-state index contributed by atoms with van der Waals surface area (Å²) >= 11 is 14.0. The Morgan fingerprint density at radius 2 is 2.11 bits per heavy atom. The van der Waals surface area contributed by atoms with Crippen molar-refractivity contribution in [1.82, 2.24) is 5.32 Å². The molecule has 2 aromatic rings. The first-order chi connectivity index (χ1) is 9.20. The summed E-state index contributed by atoms with van der Waals surface area (Å²) in [6.45, 7) is 2.94. The van der Waals surface area contributed by atoms with Gasteiger partial charge in [-0.1, -0.05) is 42.6 Å². The lowest BCUT2D eigenvalue weighted by Gasteiger charge is -2.17. The molecular weight excluding hydrogens is 297 g/mol. The number of thiophene rings is 1. The monoisotopic (exact) mass is 313 g/mol. The van der Waals surface area contributed by atoms with Crippen LogP contribution in [-0.4, -0.2) is 0 Å². The van der Waals surface area contributed by atoms with Gasteiger partial charge in [0.25, 0.3) is 0 Å². The quantitative estimate of drug-likeness (QED) is 0.722. The van der Waals surface area contributed by atoms with Crippen LogP contribution in [0.3, 0.4) is 0 Å². The largest absolute Gasteiger partial charge is 0.305 e.